The second-order valence-electron chi connectivity index (χ2n) is 1.69. The number of carboxylic acids is 1. The average Bonchev–Trinajstić information content (AvgIpc) is 1.88. The van der Waals surface area contributed by atoms with E-state index in [0.29, 0.717) is 0 Å². The van der Waals surface area contributed by atoms with E-state index >= 15 is 0 Å². The zero-order valence-corrected chi connectivity index (χ0v) is 5.67. The molecule has 1 unspecified atom stereocenters. The molecule has 0 aliphatic rings. The van der Waals surface area contributed by atoms with E-state index in [4.69, 9.17) is 5.11 Å². The lowest BCUT2D eigenvalue weighted by Gasteiger charge is -2.00. The minimum atomic E-state index is -1.57. The largest absolute Gasteiger partial charge is 0.478 e. The summed E-state index contributed by atoms with van der Waals surface area (Å²) in [6.45, 7) is 4.60. The maximum absolute atomic E-state index is 12.5. The fourth-order valence-electron chi connectivity index (χ4n) is 0.528. The molecule has 1 atom stereocenters. The highest BCUT2D eigenvalue weighted by atomic mass is 19.1. The van der Waals surface area contributed by atoms with Gasteiger partial charge in [0.15, 0.2) is 0 Å². The Balaban J connectivity index is 4.37. The number of carbonyl (C=O) groups is 1. The Kier molecular flexibility index (Phi) is 3.39. The van der Waals surface area contributed by atoms with Crippen LogP contribution in [-0.2, 0) is 4.79 Å². The summed E-state index contributed by atoms with van der Waals surface area (Å²) in [6, 6.07) is 0. The Hall–Kier alpha value is -1.12. The third-order valence-electron chi connectivity index (χ3n) is 1.06. The molecule has 0 aliphatic carbocycles. The maximum Gasteiger partial charge on any atom is 0.334 e. The summed E-state index contributed by atoms with van der Waals surface area (Å²) in [5, 5.41) is 8.32. The van der Waals surface area contributed by atoms with Gasteiger partial charge in [-0.3, -0.25) is 0 Å². The smallest absolute Gasteiger partial charge is 0.334 e. The number of hydrogen-bond acceptors (Lipinski definition) is 1. The molecule has 0 aromatic rings. The molecular formula is C7H9FO2. The topological polar surface area (TPSA) is 37.3 Å². The first kappa shape index (κ1) is 8.88. The Morgan fingerprint density at radius 2 is 2.30 bits per heavy atom. The van der Waals surface area contributed by atoms with Crippen molar-refractivity contribution in [3.05, 3.63) is 24.3 Å². The van der Waals surface area contributed by atoms with Crippen molar-refractivity contribution >= 4 is 5.97 Å². The molecule has 0 aliphatic heterocycles. The maximum atomic E-state index is 12.5. The van der Waals surface area contributed by atoms with Crippen molar-refractivity contribution in [2.24, 2.45) is 0 Å². The standard InChI is InChI=1S/C7H9FO2/c1-3-5(7(9)10)6(8)4-2/h3-4,6H,2H2,1H3,(H,9,10)/b5-3+. The van der Waals surface area contributed by atoms with Crippen LogP contribution in [0.15, 0.2) is 24.3 Å². The number of alkyl halides is 1. The molecule has 0 saturated heterocycles. The van der Waals surface area contributed by atoms with E-state index in [1.165, 1.54) is 13.0 Å². The van der Waals surface area contributed by atoms with E-state index in [2.05, 4.69) is 6.58 Å². The third kappa shape index (κ3) is 2.01. The van der Waals surface area contributed by atoms with Crippen LogP contribution in [0.3, 0.4) is 0 Å². The molecule has 0 bridgehead atoms. The van der Waals surface area contributed by atoms with Crippen LogP contribution >= 0.6 is 0 Å². The molecule has 0 spiro atoms. The zero-order chi connectivity index (χ0) is 8.15. The molecule has 1 N–H and O–H groups in total. The fourth-order valence-corrected chi connectivity index (χ4v) is 0.528. The van der Waals surface area contributed by atoms with Crippen LogP contribution in [-0.4, -0.2) is 17.2 Å². The van der Waals surface area contributed by atoms with Gasteiger partial charge in [-0.25, -0.2) is 9.18 Å². The summed E-state index contributed by atoms with van der Waals surface area (Å²) in [7, 11) is 0. The first-order valence-corrected chi connectivity index (χ1v) is 2.79. The van der Waals surface area contributed by atoms with Crippen LogP contribution in [0.4, 0.5) is 4.39 Å². The van der Waals surface area contributed by atoms with E-state index < -0.39 is 12.1 Å². The SMILES string of the molecule is C=CC(F)/C(=C\C)C(=O)O. The molecule has 0 rings (SSSR count). The van der Waals surface area contributed by atoms with Gasteiger partial charge in [-0.15, -0.1) is 0 Å². The highest BCUT2D eigenvalue weighted by Gasteiger charge is 2.14. The number of halogens is 1. The van der Waals surface area contributed by atoms with Crippen molar-refractivity contribution < 1.29 is 14.3 Å². The molecule has 0 saturated carbocycles. The lowest BCUT2D eigenvalue weighted by molar-refractivity contribution is -0.133. The lowest BCUT2D eigenvalue weighted by atomic mass is 10.1. The molecule has 0 aromatic heterocycles. The molecule has 3 heteroatoms. The Labute approximate surface area is 58.7 Å². The van der Waals surface area contributed by atoms with Crippen molar-refractivity contribution in [2.45, 2.75) is 13.1 Å². The van der Waals surface area contributed by atoms with E-state index in [9.17, 15) is 9.18 Å². The van der Waals surface area contributed by atoms with Crippen LogP contribution in [0.5, 0.6) is 0 Å². The highest BCUT2D eigenvalue weighted by molar-refractivity contribution is 5.88. The average molecular weight is 144 g/mol. The first-order chi connectivity index (χ1) is 4.63. The molecular weight excluding hydrogens is 135 g/mol. The van der Waals surface area contributed by atoms with Crippen molar-refractivity contribution in [1.29, 1.82) is 0 Å². The zero-order valence-electron chi connectivity index (χ0n) is 5.67. The number of carboxylic acid groups (broad SMARTS) is 1. The quantitative estimate of drug-likeness (QED) is 0.482. The Morgan fingerprint density at radius 3 is 2.40 bits per heavy atom. The van der Waals surface area contributed by atoms with Gasteiger partial charge in [-0.2, -0.15) is 0 Å². The number of hydrogen-bond donors (Lipinski definition) is 1. The lowest BCUT2D eigenvalue weighted by Crippen LogP contribution is -2.10. The molecule has 0 fully saturated rings. The van der Waals surface area contributed by atoms with Gasteiger partial charge < -0.3 is 5.11 Å². The Bertz CT molecular complexity index is 172. The van der Waals surface area contributed by atoms with Gasteiger partial charge in [-0.05, 0) is 6.92 Å². The van der Waals surface area contributed by atoms with Crippen molar-refractivity contribution in [1.82, 2.24) is 0 Å². The predicted molar refractivity (Wildman–Crippen MR) is 36.5 cm³/mol. The Morgan fingerprint density at radius 1 is 1.80 bits per heavy atom. The normalized spacial score (nSPS) is 14.4. The summed E-state index contributed by atoms with van der Waals surface area (Å²) in [6.07, 6.45) is 0.598. The third-order valence-corrected chi connectivity index (χ3v) is 1.06. The van der Waals surface area contributed by atoms with Gasteiger partial charge in [-0.1, -0.05) is 18.7 Å². The van der Waals surface area contributed by atoms with Gasteiger partial charge in [0.2, 0.25) is 0 Å². The van der Waals surface area contributed by atoms with Gasteiger partial charge in [0.1, 0.15) is 6.17 Å². The number of rotatable bonds is 3. The predicted octanol–water partition coefficient (Wildman–Crippen LogP) is 1.54. The van der Waals surface area contributed by atoms with E-state index in [0.717, 1.165) is 6.08 Å². The monoisotopic (exact) mass is 144 g/mol. The van der Waals surface area contributed by atoms with Crippen LogP contribution in [0, 0.1) is 0 Å². The molecule has 10 heavy (non-hydrogen) atoms. The van der Waals surface area contributed by atoms with E-state index in [-0.39, 0.29) is 5.57 Å². The van der Waals surface area contributed by atoms with Crippen molar-refractivity contribution in [2.75, 3.05) is 0 Å². The number of aliphatic carboxylic acids is 1. The molecule has 56 valence electrons. The van der Waals surface area contributed by atoms with Crippen LogP contribution in [0.25, 0.3) is 0 Å². The van der Waals surface area contributed by atoms with Gasteiger partial charge >= 0.3 is 5.97 Å². The number of allylic oxidation sites excluding steroid dienone is 2. The minimum Gasteiger partial charge on any atom is -0.478 e. The van der Waals surface area contributed by atoms with E-state index in [1.54, 1.807) is 0 Å². The summed E-state index contributed by atoms with van der Waals surface area (Å²) in [5.74, 6) is -1.24. The van der Waals surface area contributed by atoms with Crippen LogP contribution < -0.4 is 0 Å². The van der Waals surface area contributed by atoms with Crippen LogP contribution in [0.1, 0.15) is 6.92 Å². The van der Waals surface area contributed by atoms with E-state index in [1.807, 2.05) is 0 Å². The minimum absolute atomic E-state index is 0.269. The molecule has 0 heterocycles. The van der Waals surface area contributed by atoms with Gasteiger partial charge in [0.25, 0.3) is 0 Å². The second-order valence-corrected chi connectivity index (χ2v) is 1.69. The summed E-state index contributed by atoms with van der Waals surface area (Å²) in [4.78, 5) is 10.2. The highest BCUT2D eigenvalue weighted by Crippen LogP contribution is 2.07. The molecule has 0 amide bonds. The van der Waals surface area contributed by atoms with Crippen molar-refractivity contribution in [3.63, 3.8) is 0 Å². The molecule has 0 radical (unpaired) electrons. The summed E-state index contributed by atoms with van der Waals surface area (Å²) < 4.78 is 12.5. The second kappa shape index (κ2) is 3.82. The summed E-state index contributed by atoms with van der Waals surface area (Å²) >= 11 is 0. The summed E-state index contributed by atoms with van der Waals surface area (Å²) in [5.41, 5.74) is -0.269. The van der Waals surface area contributed by atoms with Crippen molar-refractivity contribution in [3.8, 4) is 0 Å². The molecule has 2 nitrogen and oxygen atoms in total. The first-order valence-electron chi connectivity index (χ1n) is 2.79. The van der Waals surface area contributed by atoms with Crippen LogP contribution in [0.2, 0.25) is 0 Å². The van der Waals surface area contributed by atoms with Gasteiger partial charge in [0, 0.05) is 0 Å². The fraction of sp³-hybridized carbons (Fsp3) is 0.286. The molecule has 0 aromatic carbocycles. The van der Waals surface area contributed by atoms with Gasteiger partial charge in [0.05, 0.1) is 5.57 Å².